The van der Waals surface area contributed by atoms with Gasteiger partial charge in [0.05, 0.1) is 12.7 Å². The third kappa shape index (κ3) is 0.868. The molecule has 1 nitrogen and oxygen atoms in total. The number of ether oxygens (including phenoxy) is 1. The van der Waals surface area contributed by atoms with Crippen molar-refractivity contribution in [3.05, 3.63) is 0 Å². The van der Waals surface area contributed by atoms with Crippen LogP contribution in [0.2, 0.25) is 0 Å². The Morgan fingerprint density at radius 1 is 1.00 bits per heavy atom. The van der Waals surface area contributed by atoms with Gasteiger partial charge in [-0.05, 0) is 60.2 Å². The molecule has 0 aromatic heterocycles. The first-order valence-corrected chi connectivity index (χ1v) is 7.17. The third-order valence-corrected chi connectivity index (χ3v) is 7.03. The molecule has 5 fully saturated rings. The summed E-state index contributed by atoms with van der Waals surface area (Å²) in [5.41, 5.74) is 1.07. The van der Waals surface area contributed by atoms with Crippen molar-refractivity contribution in [3.8, 4) is 0 Å². The predicted molar refractivity (Wildman–Crippen MR) is 64.1 cm³/mol. The molecule has 3 aliphatic carbocycles. The second-order valence-corrected chi connectivity index (χ2v) is 7.67. The van der Waals surface area contributed by atoms with Gasteiger partial charge in [0.1, 0.15) is 0 Å². The zero-order valence-electron chi connectivity index (χ0n) is 10.8. The van der Waals surface area contributed by atoms with Crippen LogP contribution in [0.5, 0.6) is 0 Å². The van der Waals surface area contributed by atoms with E-state index in [1.807, 2.05) is 0 Å². The van der Waals surface area contributed by atoms with E-state index in [0.29, 0.717) is 16.9 Å². The summed E-state index contributed by atoms with van der Waals surface area (Å²) in [6.45, 7) is 8.64. The van der Waals surface area contributed by atoms with E-state index in [9.17, 15) is 0 Å². The monoisotopic (exact) mass is 220 g/mol. The smallest absolute Gasteiger partial charge is 0.0629 e. The molecule has 1 heteroatoms. The second kappa shape index (κ2) is 2.68. The van der Waals surface area contributed by atoms with E-state index in [-0.39, 0.29) is 0 Å². The Morgan fingerprint density at radius 2 is 1.81 bits per heavy atom. The first-order valence-electron chi connectivity index (χ1n) is 7.17. The van der Waals surface area contributed by atoms with Crippen LogP contribution >= 0.6 is 0 Å². The van der Waals surface area contributed by atoms with Gasteiger partial charge in [0.15, 0.2) is 0 Å². The summed E-state index contributed by atoms with van der Waals surface area (Å²) in [6.07, 6.45) is 6.31. The zero-order chi connectivity index (χ0) is 11.1. The Balaban J connectivity index is 1.92. The Kier molecular flexibility index (Phi) is 1.67. The molecule has 0 aromatic carbocycles. The van der Waals surface area contributed by atoms with Crippen LogP contribution in [-0.2, 0) is 4.74 Å². The quantitative estimate of drug-likeness (QED) is 0.607. The van der Waals surface area contributed by atoms with E-state index < -0.39 is 0 Å². The van der Waals surface area contributed by atoms with Crippen molar-refractivity contribution in [2.24, 2.45) is 34.5 Å². The summed E-state index contributed by atoms with van der Waals surface area (Å²) >= 11 is 0. The van der Waals surface area contributed by atoms with Crippen LogP contribution < -0.4 is 0 Å². The molecule has 6 atom stereocenters. The summed E-state index contributed by atoms with van der Waals surface area (Å²) in [5.74, 6) is 3.88. The minimum Gasteiger partial charge on any atom is -0.377 e. The maximum absolute atomic E-state index is 6.26. The highest BCUT2D eigenvalue weighted by molar-refractivity contribution is 5.16. The highest BCUT2D eigenvalue weighted by atomic mass is 16.5. The summed E-state index contributed by atoms with van der Waals surface area (Å²) in [7, 11) is 0. The molecule has 0 N–H and O–H groups in total. The first-order chi connectivity index (χ1) is 7.55. The van der Waals surface area contributed by atoms with Crippen molar-refractivity contribution < 1.29 is 4.74 Å². The van der Waals surface area contributed by atoms with Gasteiger partial charge in [-0.3, -0.25) is 0 Å². The molecule has 6 unspecified atom stereocenters. The van der Waals surface area contributed by atoms with Gasteiger partial charge in [-0.25, -0.2) is 0 Å². The van der Waals surface area contributed by atoms with Crippen LogP contribution in [0.15, 0.2) is 0 Å². The van der Waals surface area contributed by atoms with E-state index in [2.05, 4.69) is 20.8 Å². The number of fused-ring (bicyclic) bond motifs is 2. The van der Waals surface area contributed by atoms with Crippen molar-refractivity contribution in [1.82, 2.24) is 0 Å². The summed E-state index contributed by atoms with van der Waals surface area (Å²) < 4.78 is 6.26. The fourth-order valence-electron chi connectivity index (χ4n) is 6.29. The number of hydrogen-bond acceptors (Lipinski definition) is 1. The first kappa shape index (κ1) is 9.94. The molecule has 0 amide bonds. The molecule has 90 valence electrons. The Hall–Kier alpha value is -0.0400. The Morgan fingerprint density at radius 3 is 2.62 bits per heavy atom. The van der Waals surface area contributed by atoms with E-state index in [1.54, 1.807) is 0 Å². The summed E-state index contributed by atoms with van der Waals surface area (Å²) in [4.78, 5) is 0. The van der Waals surface area contributed by atoms with Gasteiger partial charge in [-0.2, -0.15) is 0 Å². The van der Waals surface area contributed by atoms with Gasteiger partial charge >= 0.3 is 0 Å². The highest BCUT2D eigenvalue weighted by Crippen LogP contribution is 2.72. The summed E-state index contributed by atoms with van der Waals surface area (Å²) in [5, 5.41) is 0. The molecule has 5 aliphatic rings. The predicted octanol–water partition coefficient (Wildman–Crippen LogP) is 3.48. The molecule has 0 spiro atoms. The van der Waals surface area contributed by atoms with Gasteiger partial charge in [-0.1, -0.05) is 20.8 Å². The van der Waals surface area contributed by atoms with Crippen LogP contribution in [0.1, 0.15) is 46.5 Å². The molecule has 0 aromatic rings. The van der Waals surface area contributed by atoms with Gasteiger partial charge in [0.25, 0.3) is 0 Å². The molecule has 2 aliphatic heterocycles. The van der Waals surface area contributed by atoms with E-state index in [4.69, 9.17) is 4.74 Å². The van der Waals surface area contributed by atoms with Crippen molar-refractivity contribution in [3.63, 3.8) is 0 Å². The normalized spacial score (nSPS) is 61.3. The van der Waals surface area contributed by atoms with Gasteiger partial charge in [0, 0.05) is 0 Å². The van der Waals surface area contributed by atoms with Crippen LogP contribution in [-0.4, -0.2) is 12.7 Å². The maximum atomic E-state index is 6.26. The van der Waals surface area contributed by atoms with E-state index >= 15 is 0 Å². The topological polar surface area (TPSA) is 9.23 Å². The fourth-order valence-corrected chi connectivity index (χ4v) is 6.29. The average Bonchev–Trinajstić information content (AvgIpc) is 2.62. The number of rotatable bonds is 0. The molecule has 2 heterocycles. The molecular formula is C15H24O. The van der Waals surface area contributed by atoms with E-state index in [0.717, 1.165) is 30.3 Å². The van der Waals surface area contributed by atoms with Crippen molar-refractivity contribution in [1.29, 1.82) is 0 Å². The van der Waals surface area contributed by atoms with Crippen molar-refractivity contribution >= 4 is 0 Å². The van der Waals surface area contributed by atoms with Crippen LogP contribution in [0.4, 0.5) is 0 Å². The van der Waals surface area contributed by atoms with Crippen LogP contribution in [0.3, 0.4) is 0 Å². The highest BCUT2D eigenvalue weighted by Gasteiger charge is 2.68. The maximum Gasteiger partial charge on any atom is 0.0629 e. The van der Waals surface area contributed by atoms with Gasteiger partial charge < -0.3 is 4.74 Å². The molecule has 3 saturated carbocycles. The van der Waals surface area contributed by atoms with Gasteiger partial charge in [0.2, 0.25) is 0 Å². The van der Waals surface area contributed by atoms with Gasteiger partial charge in [-0.15, -0.1) is 0 Å². The molecule has 6 bridgehead atoms. The fraction of sp³-hybridized carbons (Fsp3) is 1.00. The minimum absolute atomic E-state index is 0.439. The lowest BCUT2D eigenvalue weighted by Crippen LogP contribution is -2.39. The zero-order valence-corrected chi connectivity index (χ0v) is 10.8. The average molecular weight is 220 g/mol. The Bertz CT molecular complexity index is 334. The van der Waals surface area contributed by atoms with Crippen LogP contribution in [0, 0.1) is 34.5 Å². The van der Waals surface area contributed by atoms with Crippen molar-refractivity contribution in [2.45, 2.75) is 52.6 Å². The standard InChI is InChI=1S/C15H24O/c1-14(2)12-6-7-15(3)10-5-4-9(13(10)14)11(15)8-16-12/h9-13H,4-8H2,1-3H3. The molecule has 5 rings (SSSR count). The SMILES string of the molecule is CC1(C)C2CCC3(C)C(CO2)C2CCC3C21. The largest absolute Gasteiger partial charge is 0.377 e. The molecular weight excluding hydrogens is 196 g/mol. The second-order valence-electron chi connectivity index (χ2n) is 7.67. The molecule has 16 heavy (non-hydrogen) atoms. The van der Waals surface area contributed by atoms with E-state index in [1.165, 1.54) is 25.7 Å². The summed E-state index contributed by atoms with van der Waals surface area (Å²) in [6, 6.07) is 0. The molecule has 2 saturated heterocycles. The molecule has 0 radical (unpaired) electrons. The lowest BCUT2D eigenvalue weighted by molar-refractivity contribution is -0.0582. The Labute approximate surface area is 98.9 Å². The lowest BCUT2D eigenvalue weighted by Gasteiger charge is -2.41. The third-order valence-electron chi connectivity index (χ3n) is 7.03. The van der Waals surface area contributed by atoms with Crippen LogP contribution in [0.25, 0.3) is 0 Å². The van der Waals surface area contributed by atoms with Crippen molar-refractivity contribution in [2.75, 3.05) is 6.61 Å². The lowest BCUT2D eigenvalue weighted by atomic mass is 9.65. The minimum atomic E-state index is 0.439. The number of hydrogen-bond donors (Lipinski definition) is 0.